The topological polar surface area (TPSA) is 141 Å². The molecule has 1 aromatic carbocycles. The normalized spacial score (nSPS) is 12.9. The predicted molar refractivity (Wildman–Crippen MR) is 104 cm³/mol. The maximum atomic E-state index is 12.5. The molecule has 3 aromatic rings. The van der Waals surface area contributed by atoms with Gasteiger partial charge in [-0.1, -0.05) is 12.1 Å². The number of pyridine rings is 1. The molecule has 0 radical (unpaired) electrons. The van der Waals surface area contributed by atoms with Crippen LogP contribution >= 0.6 is 0 Å². The average Bonchev–Trinajstić information content (AvgIpc) is 2.97. The van der Waals surface area contributed by atoms with Gasteiger partial charge in [0.2, 0.25) is 0 Å². The highest BCUT2D eigenvalue weighted by Gasteiger charge is 2.41. The van der Waals surface area contributed by atoms with Gasteiger partial charge in [-0.15, -0.1) is 0 Å². The van der Waals surface area contributed by atoms with Crippen molar-refractivity contribution in [2.45, 2.75) is 13.5 Å². The molecule has 0 atom stereocenters. The first kappa shape index (κ1) is 19.9. The molecule has 2 aromatic heterocycles. The van der Waals surface area contributed by atoms with Gasteiger partial charge in [-0.05, 0) is 24.6 Å². The van der Waals surface area contributed by atoms with Gasteiger partial charge >= 0.3 is 5.97 Å². The van der Waals surface area contributed by atoms with E-state index in [0.717, 1.165) is 11.6 Å². The molecular weight excluding hydrogens is 408 g/mol. The van der Waals surface area contributed by atoms with Crippen molar-refractivity contribution in [1.82, 2.24) is 14.3 Å². The summed E-state index contributed by atoms with van der Waals surface area (Å²) < 4.78 is 6.41. The highest BCUT2D eigenvalue weighted by Crippen LogP contribution is 2.30. The second kappa shape index (κ2) is 7.44. The predicted octanol–water partition coefficient (Wildman–Crippen LogP) is 1.25. The summed E-state index contributed by atoms with van der Waals surface area (Å²) in [5, 5.41) is 11.1. The molecule has 0 fully saturated rings. The van der Waals surface area contributed by atoms with E-state index in [2.05, 4.69) is 4.98 Å². The zero-order valence-electron chi connectivity index (χ0n) is 16.1. The largest absolute Gasteiger partial charge is 0.458 e. The van der Waals surface area contributed by atoms with E-state index < -0.39 is 34.9 Å². The van der Waals surface area contributed by atoms with E-state index in [0.29, 0.717) is 10.5 Å². The number of nitro benzene ring substituents is 1. The molecular formula is C20H14N4O7. The minimum absolute atomic E-state index is 0.147. The number of hydrogen-bond acceptors (Lipinski definition) is 8. The third-order valence-corrected chi connectivity index (χ3v) is 4.70. The quantitative estimate of drug-likeness (QED) is 0.259. The Labute approximate surface area is 173 Å². The van der Waals surface area contributed by atoms with E-state index in [1.54, 1.807) is 18.3 Å². The Kier molecular flexibility index (Phi) is 4.78. The standard InChI is InChI=1S/C20H14N4O7/c1-11-5-6-15-21-12(7-16(25)22(15)8-11)10-31-17(26)9-23-19(27)13-3-2-4-14(24(29)30)18(13)20(23)28/h2-8H,9-10H2,1H3. The van der Waals surface area contributed by atoms with Crippen LogP contribution in [0.2, 0.25) is 0 Å². The van der Waals surface area contributed by atoms with Crippen molar-refractivity contribution in [3.63, 3.8) is 0 Å². The minimum Gasteiger partial charge on any atom is -0.458 e. The molecule has 0 spiro atoms. The van der Waals surface area contributed by atoms with Gasteiger partial charge in [-0.25, -0.2) is 4.98 Å². The summed E-state index contributed by atoms with van der Waals surface area (Å²) in [7, 11) is 0. The first-order valence-corrected chi connectivity index (χ1v) is 9.04. The Morgan fingerprint density at radius 2 is 1.94 bits per heavy atom. The molecule has 31 heavy (non-hydrogen) atoms. The molecule has 0 unspecified atom stereocenters. The molecule has 0 N–H and O–H groups in total. The maximum Gasteiger partial charge on any atom is 0.326 e. The van der Waals surface area contributed by atoms with E-state index in [1.807, 2.05) is 6.92 Å². The highest BCUT2D eigenvalue weighted by atomic mass is 16.6. The van der Waals surface area contributed by atoms with Gasteiger partial charge in [0.1, 0.15) is 24.4 Å². The number of aryl methyl sites for hydroxylation is 1. The van der Waals surface area contributed by atoms with Gasteiger partial charge in [0.25, 0.3) is 23.1 Å². The molecule has 11 nitrogen and oxygen atoms in total. The van der Waals surface area contributed by atoms with Crippen LogP contribution in [0.4, 0.5) is 5.69 Å². The summed E-state index contributed by atoms with van der Waals surface area (Å²) in [4.78, 5) is 64.5. The first-order valence-electron chi connectivity index (χ1n) is 9.04. The minimum atomic E-state index is -0.943. The molecule has 0 aliphatic carbocycles. The van der Waals surface area contributed by atoms with Crippen LogP contribution in [-0.4, -0.2) is 43.5 Å². The number of amides is 2. The van der Waals surface area contributed by atoms with Crippen molar-refractivity contribution in [3.8, 4) is 0 Å². The molecule has 11 heteroatoms. The van der Waals surface area contributed by atoms with Crippen molar-refractivity contribution in [3.05, 3.63) is 85.4 Å². The van der Waals surface area contributed by atoms with Crippen LogP contribution < -0.4 is 5.56 Å². The van der Waals surface area contributed by atoms with Crippen molar-refractivity contribution in [2.24, 2.45) is 0 Å². The number of carbonyl (C=O) groups excluding carboxylic acids is 3. The van der Waals surface area contributed by atoms with Crippen molar-refractivity contribution >= 4 is 29.1 Å². The zero-order chi connectivity index (χ0) is 22.3. The lowest BCUT2D eigenvalue weighted by Gasteiger charge is -2.13. The number of fused-ring (bicyclic) bond motifs is 2. The Morgan fingerprint density at radius 3 is 2.68 bits per heavy atom. The summed E-state index contributed by atoms with van der Waals surface area (Å²) in [6.07, 6.45) is 1.63. The van der Waals surface area contributed by atoms with Crippen molar-refractivity contribution < 1.29 is 24.0 Å². The van der Waals surface area contributed by atoms with Gasteiger partial charge in [0.05, 0.1) is 16.2 Å². The van der Waals surface area contributed by atoms with Crippen LogP contribution in [-0.2, 0) is 16.1 Å². The van der Waals surface area contributed by atoms with Crippen LogP contribution in [0.15, 0.2) is 47.4 Å². The second-order valence-corrected chi connectivity index (χ2v) is 6.83. The van der Waals surface area contributed by atoms with E-state index in [1.165, 1.54) is 22.6 Å². The fourth-order valence-corrected chi connectivity index (χ4v) is 3.27. The van der Waals surface area contributed by atoms with Crippen LogP contribution in [0, 0.1) is 17.0 Å². The summed E-state index contributed by atoms with van der Waals surface area (Å²) in [5.74, 6) is -2.69. The number of aromatic nitrogens is 2. The number of ether oxygens (including phenoxy) is 1. The number of hydrogen-bond donors (Lipinski definition) is 0. The number of rotatable bonds is 5. The van der Waals surface area contributed by atoms with Gasteiger partial charge in [0, 0.05) is 18.3 Å². The molecule has 1 aliphatic heterocycles. The van der Waals surface area contributed by atoms with Gasteiger partial charge in [-0.3, -0.25) is 38.6 Å². The molecule has 0 saturated carbocycles. The lowest BCUT2D eigenvalue weighted by molar-refractivity contribution is -0.385. The number of benzene rings is 1. The number of imide groups is 1. The Bertz CT molecular complexity index is 1350. The molecule has 156 valence electrons. The van der Waals surface area contributed by atoms with Gasteiger partial charge in [0.15, 0.2) is 0 Å². The smallest absolute Gasteiger partial charge is 0.326 e. The molecule has 3 heterocycles. The zero-order valence-corrected chi connectivity index (χ0v) is 16.1. The summed E-state index contributed by atoms with van der Waals surface area (Å²) in [6.45, 7) is 0.756. The highest BCUT2D eigenvalue weighted by molar-refractivity contribution is 6.24. The third-order valence-electron chi connectivity index (χ3n) is 4.70. The van der Waals surface area contributed by atoms with Crippen LogP contribution in [0.1, 0.15) is 32.0 Å². The Hall–Kier alpha value is -4.41. The molecule has 0 saturated heterocycles. The first-order chi connectivity index (χ1) is 14.8. The number of esters is 1. The third kappa shape index (κ3) is 3.52. The lowest BCUT2D eigenvalue weighted by atomic mass is 10.1. The average molecular weight is 422 g/mol. The van der Waals surface area contributed by atoms with Gasteiger partial charge < -0.3 is 4.74 Å². The number of nitrogens with zero attached hydrogens (tertiary/aromatic N) is 4. The molecule has 1 aliphatic rings. The summed E-state index contributed by atoms with van der Waals surface area (Å²) in [5.41, 5.74) is 0.0697. The van der Waals surface area contributed by atoms with Crippen molar-refractivity contribution in [2.75, 3.05) is 6.54 Å². The van der Waals surface area contributed by atoms with E-state index in [4.69, 9.17) is 4.74 Å². The molecule has 4 rings (SSSR count). The van der Waals surface area contributed by atoms with E-state index in [-0.39, 0.29) is 29.0 Å². The molecule has 2 amide bonds. The summed E-state index contributed by atoms with van der Waals surface area (Å²) in [6, 6.07) is 8.31. The van der Waals surface area contributed by atoms with E-state index >= 15 is 0 Å². The Morgan fingerprint density at radius 1 is 1.16 bits per heavy atom. The van der Waals surface area contributed by atoms with Crippen LogP contribution in [0.25, 0.3) is 5.65 Å². The summed E-state index contributed by atoms with van der Waals surface area (Å²) >= 11 is 0. The fourth-order valence-electron chi connectivity index (χ4n) is 3.27. The van der Waals surface area contributed by atoms with Crippen LogP contribution in [0.5, 0.6) is 0 Å². The second-order valence-electron chi connectivity index (χ2n) is 6.83. The van der Waals surface area contributed by atoms with Crippen molar-refractivity contribution in [1.29, 1.82) is 0 Å². The molecule has 0 bridgehead atoms. The van der Waals surface area contributed by atoms with E-state index in [9.17, 15) is 29.3 Å². The lowest BCUT2D eigenvalue weighted by Crippen LogP contribution is -2.35. The van der Waals surface area contributed by atoms with Gasteiger partial charge in [-0.2, -0.15) is 0 Å². The van der Waals surface area contributed by atoms with Crippen LogP contribution in [0.3, 0.4) is 0 Å². The fraction of sp³-hybridized carbons (Fsp3) is 0.150. The Balaban J connectivity index is 1.48. The monoisotopic (exact) mass is 422 g/mol. The maximum absolute atomic E-state index is 12.5. The number of nitro groups is 1. The SMILES string of the molecule is Cc1ccc2nc(COC(=O)CN3C(=O)c4cccc([N+](=O)[O-])c4C3=O)cc(=O)n2c1. The number of carbonyl (C=O) groups is 3.